The van der Waals surface area contributed by atoms with Crippen molar-refractivity contribution >= 4 is 42.6 Å². The number of carbonyl (C=O) groups excluding carboxylic acids is 1. The summed E-state index contributed by atoms with van der Waals surface area (Å²) >= 11 is 1.40. The van der Waals surface area contributed by atoms with E-state index >= 15 is 0 Å². The summed E-state index contributed by atoms with van der Waals surface area (Å²) < 4.78 is 33.8. The van der Waals surface area contributed by atoms with E-state index < -0.39 is 10.0 Å². The maximum absolute atomic E-state index is 13.8. The van der Waals surface area contributed by atoms with Gasteiger partial charge in [-0.2, -0.15) is 0 Å². The number of benzene rings is 2. The summed E-state index contributed by atoms with van der Waals surface area (Å²) in [5, 5.41) is 0.520. The highest BCUT2D eigenvalue weighted by Gasteiger charge is 2.25. The highest BCUT2D eigenvalue weighted by molar-refractivity contribution is 7.89. The number of unbranched alkanes of at least 4 members (excludes halogenated alkanes) is 1. The van der Waals surface area contributed by atoms with Crippen molar-refractivity contribution in [1.82, 2.24) is 14.3 Å². The molecule has 0 saturated heterocycles. The highest BCUT2D eigenvalue weighted by Crippen LogP contribution is 2.35. The second-order valence-corrected chi connectivity index (χ2v) is 11.5. The van der Waals surface area contributed by atoms with Gasteiger partial charge in [0, 0.05) is 31.5 Å². The molecule has 37 heavy (non-hydrogen) atoms. The molecule has 0 fully saturated rings. The van der Waals surface area contributed by atoms with Crippen LogP contribution in [-0.4, -0.2) is 48.8 Å². The Balaban J connectivity index is 1.68. The van der Waals surface area contributed by atoms with Gasteiger partial charge in [-0.3, -0.25) is 14.7 Å². The van der Waals surface area contributed by atoms with Crippen molar-refractivity contribution in [3.63, 3.8) is 0 Å². The van der Waals surface area contributed by atoms with Crippen molar-refractivity contribution in [3.8, 4) is 5.75 Å². The number of rotatable bonds is 11. The van der Waals surface area contributed by atoms with Crippen LogP contribution in [0.4, 0.5) is 5.13 Å². The van der Waals surface area contributed by atoms with Gasteiger partial charge in [0.2, 0.25) is 10.0 Å². The molecule has 0 aliphatic heterocycles. The molecule has 0 aliphatic carbocycles. The van der Waals surface area contributed by atoms with Gasteiger partial charge in [-0.15, -0.1) is 0 Å². The minimum absolute atomic E-state index is 0.155. The Hall–Kier alpha value is -3.34. The lowest BCUT2D eigenvalue weighted by Crippen LogP contribution is -2.31. The zero-order valence-corrected chi connectivity index (χ0v) is 22.8. The number of aromatic nitrogens is 2. The summed E-state index contributed by atoms with van der Waals surface area (Å²) in [6, 6.07) is 15.5. The molecule has 0 spiro atoms. The first-order valence-electron chi connectivity index (χ1n) is 12.1. The lowest BCUT2D eigenvalue weighted by atomic mass is 10.2. The number of amides is 1. The van der Waals surface area contributed by atoms with Crippen LogP contribution < -0.4 is 9.64 Å². The Bertz CT molecular complexity index is 1460. The third-order valence-electron chi connectivity index (χ3n) is 5.85. The van der Waals surface area contributed by atoms with Crippen LogP contribution >= 0.6 is 11.3 Å². The summed E-state index contributed by atoms with van der Waals surface area (Å²) in [4.78, 5) is 24.4. The predicted molar refractivity (Wildman–Crippen MR) is 147 cm³/mol. The average Bonchev–Trinajstić information content (AvgIpc) is 3.36. The molecule has 0 atom stereocenters. The van der Waals surface area contributed by atoms with E-state index in [2.05, 4.69) is 4.98 Å². The lowest BCUT2D eigenvalue weighted by molar-refractivity contribution is 0.0985. The second kappa shape index (κ2) is 11.8. The van der Waals surface area contributed by atoms with Gasteiger partial charge in [0.25, 0.3) is 5.91 Å². The van der Waals surface area contributed by atoms with Crippen LogP contribution in [0, 0.1) is 0 Å². The van der Waals surface area contributed by atoms with Crippen LogP contribution in [0.15, 0.2) is 71.9 Å². The number of nitrogens with zero attached hydrogens (tertiary/aromatic N) is 4. The third kappa shape index (κ3) is 5.98. The van der Waals surface area contributed by atoms with Crippen molar-refractivity contribution in [3.05, 3.63) is 78.1 Å². The van der Waals surface area contributed by atoms with Gasteiger partial charge in [-0.1, -0.05) is 36.8 Å². The Kier molecular flexibility index (Phi) is 8.52. The van der Waals surface area contributed by atoms with Crippen molar-refractivity contribution in [1.29, 1.82) is 0 Å². The molecule has 4 rings (SSSR count). The second-order valence-electron chi connectivity index (χ2n) is 8.49. The van der Waals surface area contributed by atoms with E-state index in [1.165, 1.54) is 27.8 Å². The largest absolute Gasteiger partial charge is 0.492 e. The number of anilines is 1. The van der Waals surface area contributed by atoms with E-state index in [1.807, 2.05) is 44.2 Å². The van der Waals surface area contributed by atoms with E-state index in [-0.39, 0.29) is 17.3 Å². The number of pyridine rings is 1. The Labute approximate surface area is 221 Å². The molecule has 8 nitrogen and oxygen atoms in total. The molecular weight excluding hydrogens is 508 g/mol. The fourth-order valence-electron chi connectivity index (χ4n) is 3.81. The summed E-state index contributed by atoms with van der Waals surface area (Å²) in [5.74, 6) is 0.377. The normalized spacial score (nSPS) is 11.7. The smallest absolute Gasteiger partial charge is 0.260 e. The fraction of sp³-hybridized carbons (Fsp3) is 0.296. The SMILES string of the molecule is CCCCN(C)S(=O)(=O)c1ccc(C(=O)N(Cc2cccnc2)c2nc3c(OCC)cccc3s2)cc1. The van der Waals surface area contributed by atoms with Crippen LogP contribution in [0.3, 0.4) is 0 Å². The number of hydrogen-bond acceptors (Lipinski definition) is 7. The maximum Gasteiger partial charge on any atom is 0.260 e. The third-order valence-corrected chi connectivity index (χ3v) is 8.76. The number of para-hydroxylation sites is 1. The number of hydrogen-bond donors (Lipinski definition) is 0. The topological polar surface area (TPSA) is 92.7 Å². The summed E-state index contributed by atoms with van der Waals surface area (Å²) in [6.07, 6.45) is 5.07. The summed E-state index contributed by atoms with van der Waals surface area (Å²) in [5.41, 5.74) is 1.91. The summed E-state index contributed by atoms with van der Waals surface area (Å²) in [6.45, 7) is 5.14. The standard InChI is InChI=1S/C27H30N4O4S2/c1-4-6-17-30(3)37(33,34)22-14-12-21(13-15-22)26(32)31(19-20-9-8-16-28-18-20)27-29-25-23(35-5-2)10-7-11-24(25)36-27/h7-16,18H,4-6,17,19H2,1-3H3. The molecule has 10 heteroatoms. The zero-order chi connectivity index (χ0) is 26.4. The van der Waals surface area contributed by atoms with Gasteiger partial charge < -0.3 is 4.74 Å². The molecule has 0 N–H and O–H groups in total. The van der Waals surface area contributed by atoms with E-state index in [0.29, 0.717) is 35.1 Å². The highest BCUT2D eigenvalue weighted by atomic mass is 32.2. The monoisotopic (exact) mass is 538 g/mol. The Morgan fingerprint density at radius 2 is 1.84 bits per heavy atom. The molecule has 4 aromatic rings. The van der Waals surface area contributed by atoms with Gasteiger partial charge in [0.05, 0.1) is 22.7 Å². The van der Waals surface area contributed by atoms with Crippen molar-refractivity contribution in [2.24, 2.45) is 0 Å². The molecule has 2 aromatic carbocycles. The summed E-state index contributed by atoms with van der Waals surface area (Å²) in [7, 11) is -2.05. The first-order chi connectivity index (χ1) is 17.8. The van der Waals surface area contributed by atoms with E-state index in [9.17, 15) is 13.2 Å². The maximum atomic E-state index is 13.8. The number of ether oxygens (including phenoxy) is 1. The van der Waals surface area contributed by atoms with Crippen LogP contribution in [0.5, 0.6) is 5.75 Å². The fourth-order valence-corrected chi connectivity index (χ4v) is 6.00. The van der Waals surface area contributed by atoms with Crippen molar-refractivity contribution < 1.29 is 17.9 Å². The van der Waals surface area contributed by atoms with Crippen molar-refractivity contribution in [2.45, 2.75) is 38.1 Å². The van der Waals surface area contributed by atoms with Crippen LogP contribution in [-0.2, 0) is 16.6 Å². The Morgan fingerprint density at radius 3 is 2.51 bits per heavy atom. The quantitative estimate of drug-likeness (QED) is 0.255. The van der Waals surface area contributed by atoms with Crippen molar-refractivity contribution in [2.75, 3.05) is 25.1 Å². The molecule has 2 aromatic heterocycles. The van der Waals surface area contributed by atoms with Crippen LogP contribution in [0.2, 0.25) is 0 Å². The van der Waals surface area contributed by atoms with E-state index in [1.54, 1.807) is 36.5 Å². The Morgan fingerprint density at radius 1 is 1.05 bits per heavy atom. The lowest BCUT2D eigenvalue weighted by Gasteiger charge is -2.20. The molecule has 0 saturated carbocycles. The first kappa shape index (κ1) is 26.7. The molecule has 0 unspecified atom stereocenters. The molecule has 0 radical (unpaired) electrons. The predicted octanol–water partition coefficient (Wildman–Crippen LogP) is 5.36. The first-order valence-corrected chi connectivity index (χ1v) is 14.4. The molecule has 1 amide bonds. The molecule has 194 valence electrons. The molecular formula is C27H30N4O4S2. The van der Waals surface area contributed by atoms with Crippen LogP contribution in [0.1, 0.15) is 42.6 Å². The minimum atomic E-state index is -3.63. The van der Waals surface area contributed by atoms with Gasteiger partial charge in [-0.05, 0) is 61.4 Å². The van der Waals surface area contributed by atoms with Crippen LogP contribution in [0.25, 0.3) is 10.2 Å². The van der Waals surface area contributed by atoms with Gasteiger partial charge in [0.1, 0.15) is 11.3 Å². The van der Waals surface area contributed by atoms with E-state index in [0.717, 1.165) is 23.1 Å². The van der Waals surface area contributed by atoms with Gasteiger partial charge in [0.15, 0.2) is 5.13 Å². The van der Waals surface area contributed by atoms with Gasteiger partial charge >= 0.3 is 0 Å². The van der Waals surface area contributed by atoms with E-state index in [4.69, 9.17) is 9.72 Å². The number of thiazole rings is 1. The minimum Gasteiger partial charge on any atom is -0.492 e. The van der Waals surface area contributed by atoms with Gasteiger partial charge in [-0.25, -0.2) is 17.7 Å². The number of fused-ring (bicyclic) bond motifs is 1. The molecule has 0 aliphatic rings. The molecule has 2 heterocycles. The number of carbonyl (C=O) groups is 1. The number of sulfonamides is 1. The average molecular weight is 539 g/mol. The molecule has 0 bridgehead atoms. The zero-order valence-electron chi connectivity index (χ0n) is 21.1.